The topological polar surface area (TPSA) is 104 Å². The second-order valence-electron chi connectivity index (χ2n) is 7.61. The third-order valence-corrected chi connectivity index (χ3v) is 7.21. The zero-order valence-electron chi connectivity index (χ0n) is 19.1. The van der Waals surface area contributed by atoms with Crippen LogP contribution in [0.25, 0.3) is 10.2 Å². The molecule has 0 radical (unpaired) electrons. The largest absolute Gasteiger partial charge is 0.486 e. The van der Waals surface area contributed by atoms with Gasteiger partial charge in [0.2, 0.25) is 5.91 Å². The van der Waals surface area contributed by atoms with Crippen LogP contribution >= 0.6 is 23.1 Å². The molecule has 176 valence electrons. The van der Waals surface area contributed by atoms with Gasteiger partial charge in [0.25, 0.3) is 5.56 Å². The molecule has 34 heavy (non-hydrogen) atoms. The highest BCUT2D eigenvalue weighted by Crippen LogP contribution is 2.25. The van der Waals surface area contributed by atoms with E-state index in [4.69, 9.17) is 4.74 Å². The van der Waals surface area contributed by atoms with Crippen LogP contribution in [0.1, 0.15) is 21.8 Å². The summed E-state index contributed by atoms with van der Waals surface area (Å²) in [4.78, 5) is 31.3. The van der Waals surface area contributed by atoms with Crippen LogP contribution in [0.3, 0.4) is 0 Å². The lowest BCUT2D eigenvalue weighted by atomic mass is 10.2. The van der Waals surface area contributed by atoms with Crippen LogP contribution in [0.2, 0.25) is 0 Å². The van der Waals surface area contributed by atoms with Crippen LogP contribution in [0.4, 0.5) is 0 Å². The van der Waals surface area contributed by atoms with Crippen LogP contribution < -0.4 is 15.7 Å². The summed E-state index contributed by atoms with van der Waals surface area (Å²) < 4.78 is 8.82. The molecular weight excluding hydrogens is 472 g/mol. The molecular formula is C23H24N6O3S2. The van der Waals surface area contributed by atoms with Crippen LogP contribution in [-0.4, -0.2) is 36.1 Å². The van der Waals surface area contributed by atoms with Gasteiger partial charge in [-0.25, -0.2) is 9.66 Å². The Labute approximate surface area is 204 Å². The van der Waals surface area contributed by atoms with Crippen molar-refractivity contribution in [3.8, 4) is 5.75 Å². The van der Waals surface area contributed by atoms with Gasteiger partial charge in [0.05, 0.1) is 11.1 Å². The summed E-state index contributed by atoms with van der Waals surface area (Å²) >= 11 is 2.68. The fourth-order valence-corrected chi connectivity index (χ4v) is 5.06. The SMILES string of the molecule is C=CCn1c(COc2cccc(C)c2)nnc1SCC(=O)Nn1cnc2sc(C)c(C)c2c1=O. The summed E-state index contributed by atoms with van der Waals surface area (Å²) in [5, 5.41) is 9.51. The van der Waals surface area contributed by atoms with Gasteiger partial charge in [0.15, 0.2) is 11.0 Å². The Morgan fingerprint density at radius 2 is 2.12 bits per heavy atom. The number of aryl methyl sites for hydroxylation is 3. The molecule has 11 heteroatoms. The molecule has 1 aromatic carbocycles. The zero-order chi connectivity index (χ0) is 24.2. The smallest absolute Gasteiger partial charge is 0.281 e. The number of amides is 1. The second-order valence-corrected chi connectivity index (χ2v) is 9.76. The van der Waals surface area contributed by atoms with Gasteiger partial charge in [0, 0.05) is 11.4 Å². The number of hydrogen-bond donors (Lipinski definition) is 1. The molecule has 4 aromatic rings. The first-order valence-corrected chi connectivity index (χ1v) is 12.3. The highest BCUT2D eigenvalue weighted by atomic mass is 32.2. The van der Waals surface area contributed by atoms with E-state index in [1.807, 2.05) is 49.6 Å². The second kappa shape index (κ2) is 10.2. The molecule has 0 aliphatic carbocycles. The molecule has 3 aromatic heterocycles. The van der Waals surface area contributed by atoms with Crippen molar-refractivity contribution in [3.05, 3.63) is 75.4 Å². The lowest BCUT2D eigenvalue weighted by Crippen LogP contribution is -2.34. The van der Waals surface area contributed by atoms with Gasteiger partial charge in [-0.15, -0.1) is 28.1 Å². The monoisotopic (exact) mass is 496 g/mol. The van der Waals surface area contributed by atoms with Crippen molar-refractivity contribution in [1.29, 1.82) is 0 Å². The highest BCUT2D eigenvalue weighted by Gasteiger charge is 2.16. The van der Waals surface area contributed by atoms with Crippen molar-refractivity contribution in [2.24, 2.45) is 0 Å². The van der Waals surface area contributed by atoms with Crippen molar-refractivity contribution in [2.45, 2.75) is 39.1 Å². The Balaban J connectivity index is 1.43. The number of carbonyl (C=O) groups excluding carboxylic acids is 1. The van der Waals surface area contributed by atoms with E-state index in [2.05, 4.69) is 27.2 Å². The number of fused-ring (bicyclic) bond motifs is 1. The minimum Gasteiger partial charge on any atom is -0.486 e. The first-order valence-electron chi connectivity index (χ1n) is 10.5. The predicted molar refractivity (Wildman–Crippen MR) is 134 cm³/mol. The molecule has 0 fully saturated rings. The number of rotatable bonds is 9. The van der Waals surface area contributed by atoms with Gasteiger partial charge in [-0.05, 0) is 44.0 Å². The van der Waals surface area contributed by atoms with Crippen molar-refractivity contribution < 1.29 is 9.53 Å². The number of benzene rings is 1. The summed E-state index contributed by atoms with van der Waals surface area (Å²) in [5.74, 6) is 1.05. The van der Waals surface area contributed by atoms with Gasteiger partial charge in [-0.2, -0.15) is 0 Å². The third-order valence-electron chi connectivity index (χ3n) is 5.13. The number of hydrogen-bond acceptors (Lipinski definition) is 8. The third kappa shape index (κ3) is 5.05. The lowest BCUT2D eigenvalue weighted by molar-refractivity contribution is -0.114. The Kier molecular flexibility index (Phi) is 7.13. The van der Waals surface area contributed by atoms with Crippen LogP contribution in [0, 0.1) is 20.8 Å². The maximum Gasteiger partial charge on any atom is 0.281 e. The number of thioether (sulfide) groups is 1. The molecule has 0 aliphatic heterocycles. The fraction of sp³-hybridized carbons (Fsp3) is 0.261. The summed E-state index contributed by atoms with van der Waals surface area (Å²) in [6.45, 7) is 10.3. The first kappa shape index (κ1) is 23.7. The number of ether oxygens (including phenoxy) is 1. The predicted octanol–water partition coefficient (Wildman–Crippen LogP) is 3.60. The number of allylic oxidation sites excluding steroid dienone is 1. The number of nitrogens with zero attached hydrogens (tertiary/aromatic N) is 5. The van der Waals surface area contributed by atoms with Crippen molar-refractivity contribution in [1.82, 2.24) is 24.4 Å². The van der Waals surface area contributed by atoms with E-state index in [0.29, 0.717) is 27.7 Å². The van der Waals surface area contributed by atoms with E-state index in [0.717, 1.165) is 26.4 Å². The number of carbonyl (C=O) groups is 1. The first-order chi connectivity index (χ1) is 16.4. The lowest BCUT2D eigenvalue weighted by Gasteiger charge is -2.10. The van der Waals surface area contributed by atoms with Gasteiger partial charge < -0.3 is 4.74 Å². The summed E-state index contributed by atoms with van der Waals surface area (Å²) in [7, 11) is 0. The van der Waals surface area contributed by atoms with Gasteiger partial charge in [-0.1, -0.05) is 30.0 Å². The minimum absolute atomic E-state index is 0.0418. The van der Waals surface area contributed by atoms with E-state index in [9.17, 15) is 9.59 Å². The quantitative estimate of drug-likeness (QED) is 0.279. The number of nitrogens with one attached hydrogen (secondary N) is 1. The number of thiophene rings is 1. The maximum atomic E-state index is 12.8. The molecule has 0 unspecified atom stereocenters. The average Bonchev–Trinajstić information content (AvgIpc) is 3.33. The molecule has 1 amide bonds. The molecule has 0 atom stereocenters. The zero-order valence-corrected chi connectivity index (χ0v) is 20.7. The Morgan fingerprint density at radius 3 is 2.88 bits per heavy atom. The van der Waals surface area contributed by atoms with Crippen LogP contribution in [-0.2, 0) is 17.9 Å². The van der Waals surface area contributed by atoms with Crippen molar-refractivity contribution >= 4 is 39.2 Å². The molecule has 3 heterocycles. The molecule has 0 aliphatic rings. The minimum atomic E-state index is -0.358. The van der Waals surface area contributed by atoms with E-state index in [-0.39, 0.29) is 23.8 Å². The molecule has 0 spiro atoms. The van der Waals surface area contributed by atoms with E-state index < -0.39 is 0 Å². The molecule has 0 saturated heterocycles. The standard InChI is InChI=1S/C23H24N6O3S2/c1-5-9-28-18(11-32-17-8-6-7-14(2)10-17)25-26-23(28)33-12-19(30)27-29-13-24-21-20(22(29)31)15(3)16(4)34-21/h5-8,10,13H,1,9,11-12H2,2-4H3,(H,27,30). The van der Waals surface area contributed by atoms with Crippen molar-refractivity contribution in [2.75, 3.05) is 11.2 Å². The van der Waals surface area contributed by atoms with E-state index >= 15 is 0 Å². The summed E-state index contributed by atoms with van der Waals surface area (Å²) in [5.41, 5.74) is 4.29. The molecule has 0 saturated carbocycles. The highest BCUT2D eigenvalue weighted by molar-refractivity contribution is 7.99. The Bertz CT molecular complexity index is 1420. The Morgan fingerprint density at radius 1 is 1.29 bits per heavy atom. The molecule has 1 N–H and O–H groups in total. The summed E-state index contributed by atoms with van der Waals surface area (Å²) in [6, 6.07) is 7.76. The maximum absolute atomic E-state index is 12.8. The van der Waals surface area contributed by atoms with Gasteiger partial charge >= 0.3 is 0 Å². The van der Waals surface area contributed by atoms with Crippen LogP contribution in [0.5, 0.6) is 5.75 Å². The number of aromatic nitrogens is 5. The normalized spacial score (nSPS) is 11.0. The molecule has 9 nitrogen and oxygen atoms in total. The average molecular weight is 497 g/mol. The Hall–Kier alpha value is -3.44. The fourth-order valence-electron chi connectivity index (χ4n) is 3.31. The van der Waals surface area contributed by atoms with Crippen molar-refractivity contribution in [3.63, 3.8) is 0 Å². The summed E-state index contributed by atoms with van der Waals surface area (Å²) in [6.07, 6.45) is 3.07. The van der Waals surface area contributed by atoms with E-state index in [1.54, 1.807) is 6.08 Å². The molecule has 0 bridgehead atoms. The van der Waals surface area contributed by atoms with Gasteiger partial charge in [0.1, 0.15) is 23.5 Å². The van der Waals surface area contributed by atoms with Gasteiger partial charge in [-0.3, -0.25) is 19.6 Å². The van der Waals surface area contributed by atoms with E-state index in [1.165, 1.54) is 29.4 Å². The van der Waals surface area contributed by atoms with Crippen LogP contribution in [0.15, 0.2) is 53.2 Å². The molecule has 4 rings (SSSR count).